The van der Waals surface area contributed by atoms with Crippen LogP contribution < -0.4 is 4.74 Å². The Morgan fingerprint density at radius 3 is 2.44 bits per heavy atom. The van der Waals surface area contributed by atoms with Gasteiger partial charge in [-0.25, -0.2) is 14.4 Å². The fourth-order valence-corrected chi connectivity index (χ4v) is 2.53. The zero-order chi connectivity index (χ0) is 18.8. The fourth-order valence-electron chi connectivity index (χ4n) is 2.53. The predicted octanol–water partition coefficient (Wildman–Crippen LogP) is 2.23. The normalized spacial score (nSPS) is 20.2. The molecule has 0 unspecified atom stereocenters. The first kappa shape index (κ1) is 18.6. The van der Waals surface area contributed by atoms with E-state index in [0.717, 1.165) is 4.90 Å². The van der Waals surface area contributed by atoms with E-state index in [1.54, 1.807) is 26.8 Å². The predicted molar refractivity (Wildman–Crippen MR) is 86.8 cm³/mol. The molecule has 0 aliphatic carbocycles. The Morgan fingerprint density at radius 1 is 1.20 bits per heavy atom. The molecule has 2 rings (SSSR count). The first-order valence-electron chi connectivity index (χ1n) is 7.79. The van der Waals surface area contributed by atoms with Crippen LogP contribution in [0.25, 0.3) is 0 Å². The molecule has 0 radical (unpaired) electrons. The number of carbonyl (C=O) groups is 3. The lowest BCUT2D eigenvalue weighted by Crippen LogP contribution is -2.43. The van der Waals surface area contributed by atoms with E-state index < -0.39 is 35.8 Å². The lowest BCUT2D eigenvalue weighted by molar-refractivity contribution is -0.142. The number of amides is 1. The van der Waals surface area contributed by atoms with Crippen molar-refractivity contribution in [1.82, 2.24) is 4.90 Å². The number of likely N-dealkylation sites (tertiary alicyclic amines) is 1. The first-order chi connectivity index (χ1) is 11.6. The summed E-state index contributed by atoms with van der Waals surface area (Å²) in [6, 6.07) is 4.85. The summed E-state index contributed by atoms with van der Waals surface area (Å²) in [6.45, 7) is 5.13. The van der Waals surface area contributed by atoms with E-state index in [1.807, 2.05) is 0 Å². The summed E-state index contributed by atoms with van der Waals surface area (Å²) < 4.78 is 10.9. The largest absolute Gasteiger partial charge is 0.488 e. The summed E-state index contributed by atoms with van der Waals surface area (Å²) >= 11 is 0. The zero-order valence-corrected chi connectivity index (χ0v) is 14.3. The number of rotatable bonds is 4. The molecular weight excluding hydrogens is 330 g/mol. The molecule has 0 spiro atoms. The molecule has 8 nitrogen and oxygen atoms in total. The maximum Gasteiger partial charge on any atom is 0.411 e. The van der Waals surface area contributed by atoms with Crippen LogP contribution in [0.1, 0.15) is 37.6 Å². The number of hydrogen-bond donors (Lipinski definition) is 2. The minimum atomic E-state index is -1.14. The number of hydrogen-bond acceptors (Lipinski definition) is 5. The molecule has 2 atom stereocenters. The second kappa shape index (κ2) is 7.00. The molecule has 0 bridgehead atoms. The van der Waals surface area contributed by atoms with Crippen LogP contribution in [0.4, 0.5) is 4.79 Å². The molecule has 1 aromatic rings. The smallest absolute Gasteiger partial charge is 0.411 e. The Bertz CT molecular complexity index is 680. The summed E-state index contributed by atoms with van der Waals surface area (Å²) in [7, 11) is 0. The monoisotopic (exact) mass is 351 g/mol. The van der Waals surface area contributed by atoms with E-state index >= 15 is 0 Å². The van der Waals surface area contributed by atoms with Crippen LogP contribution in [0.5, 0.6) is 5.75 Å². The number of nitrogens with zero attached hydrogens (tertiary/aromatic N) is 1. The van der Waals surface area contributed by atoms with Crippen LogP contribution in [0.3, 0.4) is 0 Å². The molecule has 1 aromatic carbocycles. The molecule has 1 fully saturated rings. The summed E-state index contributed by atoms with van der Waals surface area (Å²) in [5.41, 5.74) is -0.677. The maximum atomic E-state index is 12.2. The van der Waals surface area contributed by atoms with Crippen molar-refractivity contribution in [2.24, 2.45) is 0 Å². The van der Waals surface area contributed by atoms with Crippen LogP contribution in [0, 0.1) is 0 Å². The number of benzene rings is 1. The van der Waals surface area contributed by atoms with Crippen molar-refractivity contribution in [3.05, 3.63) is 29.8 Å². The van der Waals surface area contributed by atoms with Crippen molar-refractivity contribution in [3.8, 4) is 5.75 Å². The van der Waals surface area contributed by atoms with Gasteiger partial charge >= 0.3 is 18.0 Å². The highest BCUT2D eigenvalue weighted by Crippen LogP contribution is 2.26. The Morgan fingerprint density at radius 2 is 1.88 bits per heavy atom. The average molecular weight is 351 g/mol. The first-order valence-corrected chi connectivity index (χ1v) is 7.79. The average Bonchev–Trinajstić information content (AvgIpc) is 2.90. The molecule has 0 saturated carbocycles. The van der Waals surface area contributed by atoms with E-state index in [2.05, 4.69) is 0 Å². The summed E-state index contributed by atoms with van der Waals surface area (Å²) in [6.07, 6.45) is -1.20. The lowest BCUT2D eigenvalue weighted by atomic mass is 10.2. The second-order valence-corrected chi connectivity index (χ2v) is 6.80. The fraction of sp³-hybridized carbons (Fsp3) is 0.471. The van der Waals surface area contributed by atoms with Gasteiger partial charge in [-0.2, -0.15) is 0 Å². The van der Waals surface area contributed by atoms with E-state index in [4.69, 9.17) is 14.6 Å². The van der Waals surface area contributed by atoms with Crippen LogP contribution in [-0.2, 0) is 9.53 Å². The number of aromatic carboxylic acids is 1. The molecule has 8 heteroatoms. The maximum absolute atomic E-state index is 12.2. The van der Waals surface area contributed by atoms with Crippen LogP contribution in [0.15, 0.2) is 24.3 Å². The van der Waals surface area contributed by atoms with Gasteiger partial charge in [-0.1, -0.05) is 6.07 Å². The van der Waals surface area contributed by atoms with Gasteiger partial charge in [0.25, 0.3) is 0 Å². The van der Waals surface area contributed by atoms with Crippen molar-refractivity contribution in [1.29, 1.82) is 0 Å². The van der Waals surface area contributed by atoms with Gasteiger partial charge in [0.15, 0.2) is 0 Å². The van der Waals surface area contributed by atoms with E-state index in [1.165, 1.54) is 18.2 Å². The van der Waals surface area contributed by atoms with Crippen LogP contribution >= 0.6 is 0 Å². The van der Waals surface area contributed by atoms with Gasteiger partial charge in [0.1, 0.15) is 23.5 Å². The molecule has 25 heavy (non-hydrogen) atoms. The van der Waals surface area contributed by atoms with Crippen LogP contribution in [0.2, 0.25) is 0 Å². The highest BCUT2D eigenvalue weighted by Gasteiger charge is 2.42. The van der Waals surface area contributed by atoms with Gasteiger partial charge < -0.3 is 19.7 Å². The van der Waals surface area contributed by atoms with Gasteiger partial charge in [0, 0.05) is 6.42 Å². The highest BCUT2D eigenvalue weighted by atomic mass is 16.6. The molecule has 1 saturated heterocycles. The van der Waals surface area contributed by atoms with Gasteiger partial charge in [-0.15, -0.1) is 0 Å². The lowest BCUT2D eigenvalue weighted by Gasteiger charge is -2.26. The highest BCUT2D eigenvalue weighted by molar-refractivity contribution is 5.88. The molecule has 1 amide bonds. The Labute approximate surface area is 144 Å². The van der Waals surface area contributed by atoms with E-state index in [0.29, 0.717) is 5.75 Å². The van der Waals surface area contributed by atoms with Gasteiger partial charge in [0.2, 0.25) is 0 Å². The molecule has 2 N–H and O–H groups in total. The molecule has 0 aromatic heterocycles. The Balaban J connectivity index is 2.11. The van der Waals surface area contributed by atoms with E-state index in [9.17, 15) is 19.5 Å². The number of carbonyl (C=O) groups excluding carboxylic acids is 1. The van der Waals surface area contributed by atoms with Crippen molar-refractivity contribution in [2.75, 3.05) is 6.54 Å². The third kappa shape index (κ3) is 4.85. The van der Waals surface area contributed by atoms with Crippen molar-refractivity contribution < 1.29 is 34.1 Å². The van der Waals surface area contributed by atoms with Gasteiger partial charge in [-0.3, -0.25) is 4.90 Å². The molecule has 1 heterocycles. The second-order valence-electron chi connectivity index (χ2n) is 6.80. The molecule has 1 aliphatic rings. The summed E-state index contributed by atoms with van der Waals surface area (Å²) in [4.78, 5) is 35.8. The summed E-state index contributed by atoms with van der Waals surface area (Å²) in [5.74, 6) is -1.92. The third-order valence-electron chi connectivity index (χ3n) is 3.56. The van der Waals surface area contributed by atoms with Crippen molar-refractivity contribution in [2.45, 2.75) is 44.9 Å². The SMILES string of the molecule is CC(C)(C)OC(=O)N1C[C@@H](Oc2cccc(C(=O)O)c2)C[C@H]1C(=O)O. The standard InChI is InChI=1S/C17H21NO7/c1-17(2,3)25-16(23)18-9-12(8-13(18)15(21)22)24-11-6-4-5-10(7-11)14(19)20/h4-7,12-13H,8-9H2,1-3H3,(H,19,20)(H,21,22)/t12-,13-/m0/s1. The van der Waals surface area contributed by atoms with Crippen molar-refractivity contribution in [3.63, 3.8) is 0 Å². The topological polar surface area (TPSA) is 113 Å². The minimum Gasteiger partial charge on any atom is -0.488 e. The molecule has 1 aliphatic heterocycles. The van der Waals surface area contributed by atoms with Gasteiger partial charge in [0.05, 0.1) is 12.1 Å². The number of ether oxygens (including phenoxy) is 2. The summed E-state index contributed by atoms with van der Waals surface area (Å²) in [5, 5.41) is 18.4. The molecular formula is C17H21NO7. The van der Waals surface area contributed by atoms with Crippen molar-refractivity contribution >= 4 is 18.0 Å². The van der Waals surface area contributed by atoms with Gasteiger partial charge in [-0.05, 0) is 39.0 Å². The Hall–Kier alpha value is -2.77. The minimum absolute atomic E-state index is 0.0448. The van der Waals surface area contributed by atoms with E-state index in [-0.39, 0.29) is 18.5 Å². The Kier molecular flexibility index (Phi) is 5.20. The third-order valence-corrected chi connectivity index (χ3v) is 3.56. The quantitative estimate of drug-likeness (QED) is 0.855. The molecule has 136 valence electrons. The number of aliphatic carboxylic acids is 1. The number of carboxylic acids is 2. The van der Waals surface area contributed by atoms with Crippen LogP contribution in [-0.4, -0.2) is 57.4 Å². The number of carboxylic acid groups (broad SMARTS) is 2. The zero-order valence-electron chi connectivity index (χ0n) is 14.3.